The molecule has 2 N–H and O–H groups in total. The number of carbonyl (C=O) groups is 2. The first-order chi connectivity index (χ1) is 14.6. The van der Waals surface area contributed by atoms with E-state index in [-0.39, 0.29) is 23.4 Å². The first-order valence-corrected chi connectivity index (χ1v) is 10.1. The van der Waals surface area contributed by atoms with Crippen LogP contribution in [0.15, 0.2) is 36.5 Å². The van der Waals surface area contributed by atoms with E-state index in [0.29, 0.717) is 31.6 Å². The third-order valence-electron chi connectivity index (χ3n) is 4.71. The number of halogens is 2. The highest BCUT2D eigenvalue weighted by atomic mass is 19.1. The Morgan fingerprint density at radius 1 is 1.13 bits per heavy atom. The number of ether oxygens (including phenoxy) is 1. The molecule has 1 aromatic carbocycles. The molecule has 2 heterocycles. The van der Waals surface area contributed by atoms with Crippen molar-refractivity contribution in [3.63, 3.8) is 0 Å². The van der Waals surface area contributed by atoms with E-state index in [1.54, 1.807) is 11.0 Å². The van der Waals surface area contributed by atoms with Gasteiger partial charge in [0.1, 0.15) is 17.2 Å². The summed E-state index contributed by atoms with van der Waals surface area (Å²) >= 11 is 0. The number of pyridine rings is 1. The average molecular weight is 432 g/mol. The van der Waals surface area contributed by atoms with Crippen molar-refractivity contribution in [3.05, 3.63) is 48.2 Å². The van der Waals surface area contributed by atoms with Crippen LogP contribution in [0.3, 0.4) is 0 Å². The Morgan fingerprint density at radius 2 is 1.84 bits per heavy atom. The molecule has 1 fully saturated rings. The Balaban J connectivity index is 1.49. The van der Waals surface area contributed by atoms with Crippen molar-refractivity contribution in [1.29, 1.82) is 0 Å². The van der Waals surface area contributed by atoms with E-state index in [1.165, 1.54) is 12.3 Å². The zero-order valence-corrected chi connectivity index (χ0v) is 17.7. The summed E-state index contributed by atoms with van der Waals surface area (Å²) in [4.78, 5) is 30.1. The second kappa shape index (κ2) is 9.28. The molecule has 3 rings (SSSR count). The van der Waals surface area contributed by atoms with Crippen molar-refractivity contribution in [2.45, 2.75) is 45.3 Å². The standard InChI is InChI=1S/C22H26F2N4O3/c1-22(2,3)31-21(30)28-10-8-15(9-11-28)26-20(29)27-16-5-7-19(25-13-16)17-12-14(23)4-6-18(17)24/h4-7,12-13,15H,8-11H2,1-3H3,(H2,26,27,29). The number of urea groups is 1. The Hall–Kier alpha value is -3.23. The second-order valence-electron chi connectivity index (χ2n) is 8.40. The van der Waals surface area contributed by atoms with E-state index in [4.69, 9.17) is 4.74 Å². The van der Waals surface area contributed by atoms with E-state index in [0.717, 1.165) is 18.2 Å². The maximum Gasteiger partial charge on any atom is 0.410 e. The molecule has 0 spiro atoms. The third-order valence-corrected chi connectivity index (χ3v) is 4.71. The SMILES string of the molecule is CC(C)(C)OC(=O)N1CCC(NC(=O)Nc2ccc(-c3cc(F)ccc3F)nc2)CC1. The molecular formula is C22H26F2N4O3. The molecule has 0 bridgehead atoms. The highest BCUT2D eigenvalue weighted by molar-refractivity contribution is 5.89. The Labute approximate surface area is 179 Å². The molecule has 0 aliphatic carbocycles. The summed E-state index contributed by atoms with van der Waals surface area (Å²) in [5.41, 5.74) is 0.185. The zero-order chi connectivity index (χ0) is 22.6. The van der Waals surface area contributed by atoms with Crippen LogP contribution in [-0.2, 0) is 4.74 Å². The van der Waals surface area contributed by atoms with Gasteiger partial charge in [0, 0.05) is 24.7 Å². The lowest BCUT2D eigenvalue weighted by Gasteiger charge is -2.33. The molecule has 9 heteroatoms. The van der Waals surface area contributed by atoms with E-state index < -0.39 is 23.3 Å². The van der Waals surface area contributed by atoms with Gasteiger partial charge in [0.05, 0.1) is 17.6 Å². The van der Waals surface area contributed by atoms with Crippen molar-refractivity contribution >= 4 is 17.8 Å². The minimum absolute atomic E-state index is 0.0488. The highest BCUT2D eigenvalue weighted by Gasteiger charge is 2.27. The van der Waals surface area contributed by atoms with Crippen LogP contribution in [0.5, 0.6) is 0 Å². The van der Waals surface area contributed by atoms with Crippen molar-refractivity contribution in [3.8, 4) is 11.3 Å². The summed E-state index contributed by atoms with van der Waals surface area (Å²) in [5.74, 6) is -1.14. The number of piperidine rings is 1. The summed E-state index contributed by atoms with van der Waals surface area (Å²) in [7, 11) is 0. The van der Waals surface area contributed by atoms with Gasteiger partial charge < -0.3 is 20.3 Å². The van der Waals surface area contributed by atoms with Gasteiger partial charge in [0.25, 0.3) is 0 Å². The number of benzene rings is 1. The van der Waals surface area contributed by atoms with Crippen molar-refractivity contribution in [1.82, 2.24) is 15.2 Å². The molecular weight excluding hydrogens is 406 g/mol. The first-order valence-electron chi connectivity index (χ1n) is 10.1. The number of hydrogen-bond donors (Lipinski definition) is 2. The number of anilines is 1. The number of nitrogens with one attached hydrogen (secondary N) is 2. The maximum atomic E-state index is 13.9. The predicted octanol–water partition coefficient (Wildman–Crippen LogP) is 4.55. The quantitative estimate of drug-likeness (QED) is 0.746. The fourth-order valence-electron chi connectivity index (χ4n) is 3.21. The fourth-order valence-corrected chi connectivity index (χ4v) is 3.21. The zero-order valence-electron chi connectivity index (χ0n) is 17.7. The fraction of sp³-hybridized carbons (Fsp3) is 0.409. The smallest absolute Gasteiger partial charge is 0.410 e. The van der Waals surface area contributed by atoms with Crippen LogP contribution in [0.2, 0.25) is 0 Å². The van der Waals surface area contributed by atoms with E-state index in [2.05, 4.69) is 15.6 Å². The number of hydrogen-bond acceptors (Lipinski definition) is 4. The number of carbonyl (C=O) groups excluding carboxylic acids is 2. The lowest BCUT2D eigenvalue weighted by Crippen LogP contribution is -2.48. The van der Waals surface area contributed by atoms with Crippen LogP contribution in [-0.4, -0.2) is 46.7 Å². The van der Waals surface area contributed by atoms with Gasteiger partial charge in [0.15, 0.2) is 0 Å². The van der Waals surface area contributed by atoms with Gasteiger partial charge in [-0.2, -0.15) is 0 Å². The molecule has 0 saturated carbocycles. The van der Waals surface area contributed by atoms with Gasteiger partial charge in [0.2, 0.25) is 0 Å². The molecule has 0 radical (unpaired) electrons. The summed E-state index contributed by atoms with van der Waals surface area (Å²) in [5, 5.41) is 5.55. The highest BCUT2D eigenvalue weighted by Crippen LogP contribution is 2.23. The van der Waals surface area contributed by atoms with Crippen LogP contribution in [0.1, 0.15) is 33.6 Å². The molecule has 1 saturated heterocycles. The first kappa shape index (κ1) is 22.5. The van der Waals surface area contributed by atoms with Crippen molar-refractivity contribution < 1.29 is 23.1 Å². The minimum Gasteiger partial charge on any atom is -0.444 e. The molecule has 1 aliphatic heterocycles. The summed E-state index contributed by atoms with van der Waals surface area (Å²) in [6, 6.07) is 5.75. The van der Waals surface area contributed by atoms with E-state index in [9.17, 15) is 18.4 Å². The van der Waals surface area contributed by atoms with Gasteiger partial charge in [-0.15, -0.1) is 0 Å². The monoisotopic (exact) mass is 432 g/mol. The van der Waals surface area contributed by atoms with Crippen molar-refractivity contribution in [2.75, 3.05) is 18.4 Å². The maximum absolute atomic E-state index is 13.9. The number of amides is 3. The van der Waals surface area contributed by atoms with Crippen LogP contribution >= 0.6 is 0 Å². The van der Waals surface area contributed by atoms with Crippen LogP contribution < -0.4 is 10.6 Å². The largest absolute Gasteiger partial charge is 0.444 e. The summed E-state index contributed by atoms with van der Waals surface area (Å²) in [6.45, 7) is 6.45. The molecule has 1 aromatic heterocycles. The molecule has 31 heavy (non-hydrogen) atoms. The predicted molar refractivity (Wildman–Crippen MR) is 113 cm³/mol. The normalized spacial score (nSPS) is 14.8. The van der Waals surface area contributed by atoms with Gasteiger partial charge >= 0.3 is 12.1 Å². The van der Waals surface area contributed by atoms with E-state index >= 15 is 0 Å². The number of nitrogens with zero attached hydrogens (tertiary/aromatic N) is 2. The second-order valence-corrected chi connectivity index (χ2v) is 8.40. The minimum atomic E-state index is -0.579. The Morgan fingerprint density at radius 3 is 2.45 bits per heavy atom. The van der Waals surface area contributed by atoms with Crippen LogP contribution in [0.4, 0.5) is 24.1 Å². The topological polar surface area (TPSA) is 83.6 Å². The van der Waals surface area contributed by atoms with Gasteiger partial charge in [-0.05, 0) is 63.9 Å². The van der Waals surface area contributed by atoms with Crippen LogP contribution in [0.25, 0.3) is 11.3 Å². The van der Waals surface area contributed by atoms with Gasteiger partial charge in [-0.3, -0.25) is 4.98 Å². The summed E-state index contributed by atoms with van der Waals surface area (Å²) in [6.07, 6.45) is 2.26. The third kappa shape index (κ3) is 6.37. The molecule has 0 atom stereocenters. The van der Waals surface area contributed by atoms with E-state index in [1.807, 2.05) is 20.8 Å². The molecule has 2 aromatic rings. The summed E-state index contributed by atoms with van der Waals surface area (Å²) < 4.78 is 32.6. The lowest BCUT2D eigenvalue weighted by atomic mass is 10.1. The Bertz CT molecular complexity index is 937. The number of likely N-dealkylation sites (tertiary alicyclic amines) is 1. The molecule has 7 nitrogen and oxygen atoms in total. The van der Waals surface area contributed by atoms with Gasteiger partial charge in [-0.1, -0.05) is 0 Å². The number of aromatic nitrogens is 1. The number of rotatable bonds is 3. The molecule has 3 amide bonds. The average Bonchev–Trinajstić information content (AvgIpc) is 2.69. The van der Waals surface area contributed by atoms with Crippen molar-refractivity contribution in [2.24, 2.45) is 0 Å². The molecule has 166 valence electrons. The molecule has 0 unspecified atom stereocenters. The van der Waals surface area contributed by atoms with Crippen LogP contribution in [0, 0.1) is 11.6 Å². The lowest BCUT2D eigenvalue weighted by molar-refractivity contribution is 0.0202. The van der Waals surface area contributed by atoms with Gasteiger partial charge in [-0.25, -0.2) is 18.4 Å². The molecule has 1 aliphatic rings. The Kier molecular flexibility index (Phi) is 6.72.